The maximum atomic E-state index is 12.1. The molecule has 0 unspecified atom stereocenters. The van der Waals surface area contributed by atoms with Crippen LogP contribution >= 0.6 is 0 Å². The predicted molar refractivity (Wildman–Crippen MR) is 83.8 cm³/mol. The lowest BCUT2D eigenvalue weighted by Gasteiger charge is -2.20. The number of para-hydroxylation sites is 1. The van der Waals surface area contributed by atoms with E-state index in [0.717, 1.165) is 5.56 Å². The van der Waals surface area contributed by atoms with E-state index in [-0.39, 0.29) is 24.5 Å². The minimum atomic E-state index is -0.822. The zero-order valence-electron chi connectivity index (χ0n) is 13.4. The van der Waals surface area contributed by atoms with E-state index in [1.165, 1.54) is 0 Å². The largest absolute Gasteiger partial charge is 0.491 e. The Morgan fingerprint density at radius 2 is 1.96 bits per heavy atom. The fourth-order valence-electron chi connectivity index (χ4n) is 2.37. The van der Waals surface area contributed by atoms with Crippen molar-refractivity contribution in [3.8, 4) is 5.75 Å². The highest BCUT2D eigenvalue weighted by Crippen LogP contribution is 2.25. The topological polar surface area (TPSA) is 96.5 Å². The van der Waals surface area contributed by atoms with Crippen molar-refractivity contribution < 1.29 is 19.1 Å². The molecule has 23 heavy (non-hydrogen) atoms. The molecule has 2 rings (SSSR count). The van der Waals surface area contributed by atoms with Gasteiger partial charge < -0.3 is 15.4 Å². The van der Waals surface area contributed by atoms with Gasteiger partial charge >= 0.3 is 6.03 Å². The molecule has 1 fully saturated rings. The Balaban J connectivity index is 1.99. The summed E-state index contributed by atoms with van der Waals surface area (Å²) in [6.07, 6.45) is -0.0776. The van der Waals surface area contributed by atoms with E-state index in [9.17, 15) is 14.4 Å². The summed E-state index contributed by atoms with van der Waals surface area (Å²) < 4.78 is 5.74. The standard InChI is InChI=1S/C16H21N3O4/c1-9(2)23-13-7-5-4-6-11(13)10(3)17-14(20)8-12-15(21)19-16(22)18-12/h4-7,9-10,12H,8H2,1-3H3,(H,17,20)(H2,18,19,21,22)/t10-,12-/m1/s1. The SMILES string of the molecule is CC(C)Oc1ccccc1[C@@H](C)NC(=O)C[C@H]1NC(=O)NC1=O. The molecule has 3 N–H and O–H groups in total. The van der Waals surface area contributed by atoms with Crippen molar-refractivity contribution in [2.45, 2.75) is 45.4 Å². The summed E-state index contributed by atoms with van der Waals surface area (Å²) >= 11 is 0. The molecule has 0 bridgehead atoms. The number of benzene rings is 1. The Kier molecular flexibility index (Phi) is 5.20. The lowest BCUT2D eigenvalue weighted by Crippen LogP contribution is -2.37. The molecule has 0 spiro atoms. The van der Waals surface area contributed by atoms with Crippen LogP contribution in [0.2, 0.25) is 0 Å². The third kappa shape index (κ3) is 4.45. The Hall–Kier alpha value is -2.57. The van der Waals surface area contributed by atoms with Crippen LogP contribution in [0.3, 0.4) is 0 Å². The van der Waals surface area contributed by atoms with Crippen LogP contribution in [0.5, 0.6) is 5.75 Å². The molecule has 7 nitrogen and oxygen atoms in total. The molecule has 2 atom stereocenters. The number of carbonyl (C=O) groups is 3. The van der Waals surface area contributed by atoms with Gasteiger partial charge in [-0.2, -0.15) is 0 Å². The molecule has 1 aliphatic rings. The van der Waals surface area contributed by atoms with Gasteiger partial charge in [0, 0.05) is 5.56 Å². The van der Waals surface area contributed by atoms with Crippen molar-refractivity contribution in [1.29, 1.82) is 0 Å². The molecular weight excluding hydrogens is 298 g/mol. The summed E-state index contributed by atoms with van der Waals surface area (Å²) in [5, 5.41) is 7.32. The lowest BCUT2D eigenvalue weighted by molar-refractivity contribution is -0.126. The van der Waals surface area contributed by atoms with Crippen LogP contribution in [-0.4, -0.2) is 30.0 Å². The average Bonchev–Trinajstić information content (AvgIpc) is 2.76. The van der Waals surface area contributed by atoms with Crippen molar-refractivity contribution in [2.75, 3.05) is 0 Å². The van der Waals surface area contributed by atoms with Crippen LogP contribution in [0.15, 0.2) is 24.3 Å². The first kappa shape index (κ1) is 16.8. The van der Waals surface area contributed by atoms with E-state index in [1.807, 2.05) is 45.0 Å². The number of imide groups is 1. The maximum absolute atomic E-state index is 12.1. The van der Waals surface area contributed by atoms with E-state index in [0.29, 0.717) is 5.75 Å². The Morgan fingerprint density at radius 1 is 1.26 bits per heavy atom. The molecule has 7 heteroatoms. The molecule has 4 amide bonds. The van der Waals surface area contributed by atoms with E-state index >= 15 is 0 Å². The van der Waals surface area contributed by atoms with Gasteiger partial charge in [-0.3, -0.25) is 14.9 Å². The second-order valence-corrected chi connectivity index (χ2v) is 5.71. The summed E-state index contributed by atoms with van der Waals surface area (Å²) in [7, 11) is 0. The number of carbonyl (C=O) groups excluding carboxylic acids is 3. The summed E-state index contributed by atoms with van der Waals surface area (Å²) in [5.74, 6) is -0.0947. The number of ether oxygens (including phenoxy) is 1. The molecule has 0 aliphatic carbocycles. The first-order valence-electron chi connectivity index (χ1n) is 7.53. The van der Waals surface area contributed by atoms with Crippen molar-refractivity contribution in [3.05, 3.63) is 29.8 Å². The van der Waals surface area contributed by atoms with Gasteiger partial charge in [-0.15, -0.1) is 0 Å². The average molecular weight is 319 g/mol. The Bertz CT molecular complexity index is 615. The molecule has 1 saturated heterocycles. The predicted octanol–water partition coefficient (Wildman–Crippen LogP) is 1.25. The highest BCUT2D eigenvalue weighted by Gasteiger charge is 2.31. The highest BCUT2D eigenvalue weighted by atomic mass is 16.5. The molecule has 0 saturated carbocycles. The second kappa shape index (κ2) is 7.13. The van der Waals surface area contributed by atoms with E-state index in [1.54, 1.807) is 0 Å². The third-order valence-electron chi connectivity index (χ3n) is 3.37. The summed E-state index contributed by atoms with van der Waals surface area (Å²) in [6, 6.07) is 5.80. The summed E-state index contributed by atoms with van der Waals surface area (Å²) in [5.41, 5.74) is 0.856. The lowest BCUT2D eigenvalue weighted by atomic mass is 10.1. The van der Waals surface area contributed by atoms with E-state index in [2.05, 4.69) is 16.0 Å². The number of rotatable bonds is 6. The van der Waals surface area contributed by atoms with Crippen LogP contribution in [-0.2, 0) is 9.59 Å². The molecular formula is C16H21N3O4. The van der Waals surface area contributed by atoms with Crippen LogP contribution in [0.25, 0.3) is 0 Å². The number of hydrogen-bond acceptors (Lipinski definition) is 4. The molecule has 0 radical (unpaired) electrons. The zero-order valence-corrected chi connectivity index (χ0v) is 13.4. The van der Waals surface area contributed by atoms with Gasteiger partial charge in [-0.25, -0.2) is 4.79 Å². The van der Waals surface area contributed by atoms with Gasteiger partial charge in [0.05, 0.1) is 18.6 Å². The first-order valence-corrected chi connectivity index (χ1v) is 7.53. The number of amides is 4. The zero-order chi connectivity index (χ0) is 17.0. The number of hydrogen-bond donors (Lipinski definition) is 3. The smallest absolute Gasteiger partial charge is 0.322 e. The van der Waals surface area contributed by atoms with Gasteiger partial charge in [0.1, 0.15) is 11.8 Å². The van der Waals surface area contributed by atoms with E-state index in [4.69, 9.17) is 4.74 Å². The fraction of sp³-hybridized carbons (Fsp3) is 0.438. The van der Waals surface area contributed by atoms with Crippen LogP contribution in [0.4, 0.5) is 4.79 Å². The van der Waals surface area contributed by atoms with Crippen molar-refractivity contribution in [1.82, 2.24) is 16.0 Å². The Morgan fingerprint density at radius 3 is 2.57 bits per heavy atom. The quantitative estimate of drug-likeness (QED) is 0.688. The van der Waals surface area contributed by atoms with Crippen molar-refractivity contribution in [3.63, 3.8) is 0 Å². The molecule has 1 heterocycles. The number of urea groups is 1. The van der Waals surface area contributed by atoms with E-state index < -0.39 is 18.0 Å². The molecule has 124 valence electrons. The van der Waals surface area contributed by atoms with Gasteiger partial charge in [0.15, 0.2) is 0 Å². The normalized spacial score (nSPS) is 18.3. The van der Waals surface area contributed by atoms with Gasteiger partial charge in [-0.1, -0.05) is 18.2 Å². The Labute approximate surface area is 134 Å². The van der Waals surface area contributed by atoms with Crippen molar-refractivity contribution in [2.24, 2.45) is 0 Å². The summed E-state index contributed by atoms with van der Waals surface area (Å²) in [6.45, 7) is 5.70. The monoisotopic (exact) mass is 319 g/mol. The summed E-state index contributed by atoms with van der Waals surface area (Å²) in [4.78, 5) is 34.6. The minimum absolute atomic E-state index is 0.0245. The van der Waals surface area contributed by atoms with Gasteiger partial charge in [0.2, 0.25) is 5.91 Å². The molecule has 0 aromatic heterocycles. The van der Waals surface area contributed by atoms with Crippen molar-refractivity contribution >= 4 is 17.8 Å². The third-order valence-corrected chi connectivity index (χ3v) is 3.37. The van der Waals surface area contributed by atoms with Gasteiger partial charge in [-0.05, 0) is 26.8 Å². The first-order chi connectivity index (χ1) is 10.9. The highest BCUT2D eigenvalue weighted by molar-refractivity contribution is 6.05. The van der Waals surface area contributed by atoms with Gasteiger partial charge in [0.25, 0.3) is 5.91 Å². The molecule has 1 aromatic carbocycles. The van der Waals surface area contributed by atoms with Crippen LogP contribution in [0, 0.1) is 0 Å². The maximum Gasteiger partial charge on any atom is 0.322 e. The van der Waals surface area contributed by atoms with Crippen LogP contribution in [0.1, 0.15) is 38.8 Å². The van der Waals surface area contributed by atoms with Crippen LogP contribution < -0.4 is 20.7 Å². The fourth-order valence-corrected chi connectivity index (χ4v) is 2.37. The molecule has 1 aromatic rings. The second-order valence-electron chi connectivity index (χ2n) is 5.71. The number of nitrogens with one attached hydrogen (secondary N) is 3. The molecule has 1 aliphatic heterocycles. The minimum Gasteiger partial charge on any atom is -0.491 e.